The summed E-state index contributed by atoms with van der Waals surface area (Å²) in [4.78, 5) is 14.3. The van der Waals surface area contributed by atoms with Gasteiger partial charge in [-0.25, -0.2) is 0 Å². The topological polar surface area (TPSA) is 67.6 Å². The number of hydrogen-bond donors (Lipinski definition) is 2. The minimum absolute atomic E-state index is 0.198. The van der Waals surface area contributed by atoms with Crippen LogP contribution in [0.15, 0.2) is 42.5 Å². The number of methoxy groups -OCH3 is 1. The highest BCUT2D eigenvalue weighted by Gasteiger charge is 2.13. The molecule has 0 spiro atoms. The molecule has 0 fully saturated rings. The summed E-state index contributed by atoms with van der Waals surface area (Å²) < 4.78 is 5.09. The number of hydrogen-bond acceptors (Lipinski definition) is 4. The molecule has 3 N–H and O–H groups in total. The second-order valence-electron chi connectivity index (χ2n) is 4.85. The van der Waals surface area contributed by atoms with Crippen LogP contribution in [0.3, 0.4) is 0 Å². The van der Waals surface area contributed by atoms with Crippen molar-refractivity contribution in [3.63, 3.8) is 0 Å². The van der Waals surface area contributed by atoms with Crippen molar-refractivity contribution in [1.29, 1.82) is 0 Å². The summed E-state index contributed by atoms with van der Waals surface area (Å²) >= 11 is 0. The molecule has 5 heteroatoms. The molecule has 0 atom stereocenters. The van der Waals surface area contributed by atoms with Crippen LogP contribution in [-0.4, -0.2) is 27.1 Å². The van der Waals surface area contributed by atoms with E-state index in [1.807, 2.05) is 25.1 Å². The molecule has 0 bridgehead atoms. The van der Waals surface area contributed by atoms with Crippen LogP contribution in [0, 0.1) is 0 Å². The quantitative estimate of drug-likeness (QED) is 0.847. The molecular weight excluding hydrogens is 266 g/mol. The number of ether oxygens (including phenoxy) is 1. The van der Waals surface area contributed by atoms with Gasteiger partial charge in [0.05, 0.1) is 12.7 Å². The van der Waals surface area contributed by atoms with Crippen molar-refractivity contribution in [2.24, 2.45) is 0 Å². The molecule has 0 aliphatic carbocycles. The Labute approximate surface area is 124 Å². The molecule has 5 nitrogen and oxygen atoms in total. The molecular formula is C16H19N3O2. The zero-order chi connectivity index (χ0) is 15.4. The SMILES string of the molecule is COc1ccc(NC(=O)c2cc(N)ccc2N(C)C)cc1. The molecule has 0 unspecified atom stereocenters. The van der Waals surface area contributed by atoms with Gasteiger partial charge >= 0.3 is 0 Å². The third-order valence-electron chi connectivity index (χ3n) is 3.09. The van der Waals surface area contributed by atoms with Crippen LogP contribution in [0.25, 0.3) is 0 Å². The van der Waals surface area contributed by atoms with E-state index >= 15 is 0 Å². The van der Waals surface area contributed by atoms with E-state index < -0.39 is 0 Å². The fourth-order valence-corrected chi connectivity index (χ4v) is 2.00. The van der Waals surface area contributed by atoms with Gasteiger partial charge in [-0.1, -0.05) is 0 Å². The number of nitrogens with one attached hydrogen (secondary N) is 1. The maximum absolute atomic E-state index is 12.4. The molecule has 0 radical (unpaired) electrons. The lowest BCUT2D eigenvalue weighted by molar-refractivity contribution is 0.102. The molecule has 2 aromatic rings. The Morgan fingerprint density at radius 3 is 2.38 bits per heavy atom. The minimum Gasteiger partial charge on any atom is -0.497 e. The van der Waals surface area contributed by atoms with Crippen molar-refractivity contribution in [2.75, 3.05) is 37.2 Å². The first-order valence-electron chi connectivity index (χ1n) is 6.53. The van der Waals surface area contributed by atoms with Crippen LogP contribution in [0.1, 0.15) is 10.4 Å². The van der Waals surface area contributed by atoms with E-state index in [4.69, 9.17) is 10.5 Å². The number of nitrogens with zero attached hydrogens (tertiary/aromatic N) is 1. The number of amides is 1. The Morgan fingerprint density at radius 1 is 1.14 bits per heavy atom. The van der Waals surface area contributed by atoms with Gasteiger partial charge in [-0.3, -0.25) is 4.79 Å². The van der Waals surface area contributed by atoms with Crippen molar-refractivity contribution in [3.8, 4) is 5.75 Å². The number of nitrogens with two attached hydrogens (primary N) is 1. The lowest BCUT2D eigenvalue weighted by Crippen LogP contribution is -2.18. The van der Waals surface area contributed by atoms with Crippen LogP contribution >= 0.6 is 0 Å². The number of rotatable bonds is 4. The Morgan fingerprint density at radius 2 is 1.81 bits per heavy atom. The Bertz CT molecular complexity index is 636. The maximum atomic E-state index is 12.4. The molecule has 0 aliphatic heterocycles. The van der Waals surface area contributed by atoms with E-state index in [1.165, 1.54) is 0 Å². The van der Waals surface area contributed by atoms with Crippen LogP contribution in [-0.2, 0) is 0 Å². The van der Waals surface area contributed by atoms with Gasteiger partial charge in [-0.05, 0) is 42.5 Å². The predicted molar refractivity (Wildman–Crippen MR) is 86.1 cm³/mol. The summed E-state index contributed by atoms with van der Waals surface area (Å²) in [5, 5.41) is 2.86. The fourth-order valence-electron chi connectivity index (χ4n) is 2.00. The maximum Gasteiger partial charge on any atom is 0.257 e. The van der Waals surface area contributed by atoms with Gasteiger partial charge in [-0.2, -0.15) is 0 Å². The summed E-state index contributed by atoms with van der Waals surface area (Å²) in [6.45, 7) is 0. The van der Waals surface area contributed by atoms with Crippen LogP contribution in [0.4, 0.5) is 17.1 Å². The number of anilines is 3. The van der Waals surface area contributed by atoms with Gasteiger partial charge < -0.3 is 20.7 Å². The van der Waals surface area contributed by atoms with Gasteiger partial charge in [0.2, 0.25) is 0 Å². The summed E-state index contributed by atoms with van der Waals surface area (Å²) in [7, 11) is 5.37. The van der Waals surface area contributed by atoms with E-state index in [1.54, 1.807) is 43.5 Å². The van der Waals surface area contributed by atoms with Crippen molar-refractivity contribution >= 4 is 23.0 Å². The van der Waals surface area contributed by atoms with Gasteiger partial charge in [-0.15, -0.1) is 0 Å². The summed E-state index contributed by atoms with van der Waals surface area (Å²) in [6.07, 6.45) is 0. The highest BCUT2D eigenvalue weighted by molar-refractivity contribution is 6.08. The number of carbonyl (C=O) groups is 1. The molecule has 2 aromatic carbocycles. The predicted octanol–water partition coefficient (Wildman–Crippen LogP) is 2.60. The average molecular weight is 285 g/mol. The van der Waals surface area contributed by atoms with Crippen molar-refractivity contribution < 1.29 is 9.53 Å². The lowest BCUT2D eigenvalue weighted by Gasteiger charge is -2.17. The van der Waals surface area contributed by atoms with Crippen molar-refractivity contribution in [2.45, 2.75) is 0 Å². The minimum atomic E-state index is -0.198. The first-order valence-corrected chi connectivity index (χ1v) is 6.53. The third kappa shape index (κ3) is 3.45. The van der Waals surface area contributed by atoms with Crippen LogP contribution in [0.2, 0.25) is 0 Å². The van der Waals surface area contributed by atoms with Crippen LogP contribution < -0.4 is 20.7 Å². The molecule has 0 saturated carbocycles. The molecule has 0 aliphatic rings. The third-order valence-corrected chi connectivity index (χ3v) is 3.09. The molecule has 0 heterocycles. The van der Waals surface area contributed by atoms with Gasteiger partial charge in [0.1, 0.15) is 5.75 Å². The summed E-state index contributed by atoms with van der Waals surface area (Å²) in [5.41, 5.74) is 8.39. The molecule has 1 amide bonds. The first kappa shape index (κ1) is 14.7. The first-order chi connectivity index (χ1) is 10.0. The lowest BCUT2D eigenvalue weighted by atomic mass is 10.1. The molecule has 2 rings (SSSR count). The van der Waals surface area contributed by atoms with E-state index in [2.05, 4.69) is 5.32 Å². The van der Waals surface area contributed by atoms with E-state index in [9.17, 15) is 4.79 Å². The second-order valence-corrected chi connectivity index (χ2v) is 4.85. The van der Waals surface area contributed by atoms with E-state index in [-0.39, 0.29) is 5.91 Å². The van der Waals surface area contributed by atoms with Crippen molar-refractivity contribution in [3.05, 3.63) is 48.0 Å². The normalized spacial score (nSPS) is 10.0. The Hall–Kier alpha value is -2.69. The average Bonchev–Trinajstić information content (AvgIpc) is 2.47. The number of carbonyl (C=O) groups excluding carboxylic acids is 1. The number of nitrogen functional groups attached to an aromatic ring is 1. The van der Waals surface area contributed by atoms with E-state index in [0.29, 0.717) is 16.9 Å². The molecule has 0 aromatic heterocycles. The number of benzene rings is 2. The van der Waals surface area contributed by atoms with Gasteiger partial charge in [0, 0.05) is 31.2 Å². The highest BCUT2D eigenvalue weighted by Crippen LogP contribution is 2.23. The molecule has 21 heavy (non-hydrogen) atoms. The van der Waals surface area contributed by atoms with Gasteiger partial charge in [0.25, 0.3) is 5.91 Å². The summed E-state index contributed by atoms with van der Waals surface area (Å²) in [6, 6.07) is 12.5. The summed E-state index contributed by atoms with van der Waals surface area (Å²) in [5.74, 6) is 0.544. The zero-order valence-electron chi connectivity index (χ0n) is 12.4. The largest absolute Gasteiger partial charge is 0.497 e. The zero-order valence-corrected chi connectivity index (χ0v) is 12.4. The smallest absolute Gasteiger partial charge is 0.257 e. The van der Waals surface area contributed by atoms with E-state index in [0.717, 1.165) is 11.4 Å². The van der Waals surface area contributed by atoms with Gasteiger partial charge in [0.15, 0.2) is 0 Å². The Kier molecular flexibility index (Phi) is 4.33. The highest BCUT2D eigenvalue weighted by atomic mass is 16.5. The van der Waals surface area contributed by atoms with Crippen molar-refractivity contribution in [1.82, 2.24) is 0 Å². The van der Waals surface area contributed by atoms with Crippen LogP contribution in [0.5, 0.6) is 5.75 Å². The second kappa shape index (κ2) is 6.17. The Balaban J connectivity index is 2.25. The molecule has 110 valence electrons. The fraction of sp³-hybridized carbons (Fsp3) is 0.188. The molecule has 0 saturated heterocycles. The standard InChI is InChI=1S/C16H19N3O2/c1-19(2)15-9-4-11(17)10-14(15)16(20)18-12-5-7-13(21-3)8-6-12/h4-10H,17H2,1-3H3,(H,18,20). The monoisotopic (exact) mass is 285 g/mol.